The maximum absolute atomic E-state index is 12.4. The van der Waals surface area contributed by atoms with Crippen LogP contribution in [0.5, 0.6) is 5.75 Å². The van der Waals surface area contributed by atoms with Crippen LogP contribution in [0, 0.1) is 11.3 Å². The lowest BCUT2D eigenvalue weighted by Crippen LogP contribution is -2.13. The van der Waals surface area contributed by atoms with E-state index in [2.05, 4.69) is 21.2 Å². The first-order valence-electron chi connectivity index (χ1n) is 9.18. The van der Waals surface area contributed by atoms with Gasteiger partial charge in [-0.05, 0) is 59.7 Å². The second-order valence-electron chi connectivity index (χ2n) is 6.49. The van der Waals surface area contributed by atoms with Gasteiger partial charge in [0.05, 0.1) is 5.56 Å². The van der Waals surface area contributed by atoms with E-state index in [-0.39, 0.29) is 17.7 Å². The van der Waals surface area contributed by atoms with Crippen LogP contribution in [0.2, 0.25) is 0 Å². The van der Waals surface area contributed by atoms with Gasteiger partial charge in [-0.3, -0.25) is 4.79 Å². The Morgan fingerprint density at radius 2 is 1.77 bits per heavy atom. The van der Waals surface area contributed by atoms with E-state index in [1.807, 2.05) is 12.1 Å². The molecule has 6 nitrogen and oxygen atoms in total. The average molecular weight is 477 g/mol. The quantitative estimate of drug-likeness (QED) is 0.357. The minimum Gasteiger partial charge on any atom is -0.489 e. The van der Waals surface area contributed by atoms with Gasteiger partial charge in [-0.25, -0.2) is 4.79 Å². The number of amides is 1. The summed E-state index contributed by atoms with van der Waals surface area (Å²) in [6.45, 7) is 0.285. The fourth-order valence-corrected chi connectivity index (χ4v) is 3.05. The first-order valence-corrected chi connectivity index (χ1v) is 9.98. The van der Waals surface area contributed by atoms with Crippen LogP contribution in [0.4, 0.5) is 5.69 Å². The molecule has 2 N–H and O–H groups in total. The van der Waals surface area contributed by atoms with Crippen molar-refractivity contribution in [1.29, 1.82) is 5.26 Å². The molecule has 7 heteroatoms. The second-order valence-corrected chi connectivity index (χ2v) is 7.41. The summed E-state index contributed by atoms with van der Waals surface area (Å²) in [7, 11) is 0. The Balaban J connectivity index is 1.62. The number of carbonyl (C=O) groups is 2. The summed E-state index contributed by atoms with van der Waals surface area (Å²) in [5.41, 5.74) is 2.30. The van der Waals surface area contributed by atoms with Gasteiger partial charge >= 0.3 is 5.97 Å². The maximum Gasteiger partial charge on any atom is 0.335 e. The van der Waals surface area contributed by atoms with E-state index < -0.39 is 11.9 Å². The number of carboxylic acid groups (broad SMARTS) is 1. The van der Waals surface area contributed by atoms with Gasteiger partial charge in [0.2, 0.25) is 0 Å². The fourth-order valence-electron chi connectivity index (χ4n) is 2.65. The summed E-state index contributed by atoms with van der Waals surface area (Å²) in [4.78, 5) is 23.3. The molecule has 0 spiro atoms. The third-order valence-corrected chi connectivity index (χ3v) is 4.74. The number of hydrogen-bond acceptors (Lipinski definition) is 4. The van der Waals surface area contributed by atoms with Gasteiger partial charge in [0.1, 0.15) is 24.0 Å². The number of aromatic carboxylic acids is 1. The smallest absolute Gasteiger partial charge is 0.335 e. The van der Waals surface area contributed by atoms with Gasteiger partial charge in [0, 0.05) is 10.2 Å². The molecule has 0 unspecified atom stereocenters. The van der Waals surface area contributed by atoms with E-state index in [1.54, 1.807) is 54.6 Å². The number of halogens is 1. The molecule has 1 amide bonds. The molecule has 154 valence electrons. The molecule has 31 heavy (non-hydrogen) atoms. The van der Waals surface area contributed by atoms with Crippen LogP contribution < -0.4 is 10.1 Å². The Bertz CT molecular complexity index is 1160. The largest absolute Gasteiger partial charge is 0.489 e. The summed E-state index contributed by atoms with van der Waals surface area (Å²) in [6.07, 6.45) is 1.50. The Labute approximate surface area is 187 Å². The number of ether oxygens (including phenoxy) is 1. The Morgan fingerprint density at radius 1 is 1.06 bits per heavy atom. The van der Waals surface area contributed by atoms with Crippen molar-refractivity contribution in [3.63, 3.8) is 0 Å². The summed E-state index contributed by atoms with van der Waals surface area (Å²) in [5.74, 6) is -0.861. The number of rotatable bonds is 7. The molecule has 0 saturated carbocycles. The number of hydrogen-bond donors (Lipinski definition) is 2. The molecule has 0 saturated heterocycles. The number of nitrogens with zero attached hydrogens (tertiary/aromatic N) is 1. The standard InChI is InChI=1S/C24H17BrN2O4/c25-20-2-1-3-21(13-20)27-23(28)19(14-26)12-16-6-10-22(11-7-16)31-15-17-4-8-18(9-5-17)24(29)30/h1-13H,15H2,(H,27,28)(H,29,30). The number of anilines is 1. The van der Waals surface area contributed by atoms with Crippen molar-refractivity contribution in [2.24, 2.45) is 0 Å². The van der Waals surface area contributed by atoms with Crippen LogP contribution in [-0.4, -0.2) is 17.0 Å². The number of benzene rings is 3. The van der Waals surface area contributed by atoms with Gasteiger partial charge < -0.3 is 15.2 Å². The second kappa shape index (κ2) is 10.2. The van der Waals surface area contributed by atoms with E-state index >= 15 is 0 Å². The van der Waals surface area contributed by atoms with Crippen LogP contribution in [0.3, 0.4) is 0 Å². The summed E-state index contributed by atoms with van der Waals surface area (Å²) in [5, 5.41) is 21.0. The van der Waals surface area contributed by atoms with E-state index in [0.29, 0.717) is 17.0 Å². The lowest BCUT2D eigenvalue weighted by atomic mass is 10.1. The van der Waals surface area contributed by atoms with Gasteiger partial charge in [0.15, 0.2) is 0 Å². The third kappa shape index (κ3) is 6.29. The Hall–Kier alpha value is -3.89. The minimum atomic E-state index is -0.974. The minimum absolute atomic E-state index is 0.0211. The highest BCUT2D eigenvalue weighted by Crippen LogP contribution is 2.19. The predicted molar refractivity (Wildman–Crippen MR) is 121 cm³/mol. The molecular formula is C24H17BrN2O4. The van der Waals surface area contributed by atoms with Crippen LogP contribution in [0.15, 0.2) is 82.8 Å². The lowest BCUT2D eigenvalue weighted by Gasteiger charge is -2.07. The molecule has 3 rings (SSSR count). The number of nitrogens with one attached hydrogen (secondary N) is 1. The summed E-state index contributed by atoms with van der Waals surface area (Å²) < 4.78 is 6.52. The monoisotopic (exact) mass is 476 g/mol. The van der Waals surface area contributed by atoms with Gasteiger partial charge in [-0.15, -0.1) is 0 Å². The fraction of sp³-hybridized carbons (Fsp3) is 0.0417. The molecule has 0 aliphatic heterocycles. The number of carboxylic acids is 1. The van der Waals surface area contributed by atoms with Gasteiger partial charge in [0.25, 0.3) is 5.91 Å². The predicted octanol–water partition coefficient (Wildman–Crippen LogP) is 5.27. The zero-order valence-electron chi connectivity index (χ0n) is 16.2. The van der Waals surface area contributed by atoms with Crippen LogP contribution in [-0.2, 0) is 11.4 Å². The van der Waals surface area contributed by atoms with E-state index in [1.165, 1.54) is 18.2 Å². The van der Waals surface area contributed by atoms with Gasteiger partial charge in [-0.2, -0.15) is 5.26 Å². The zero-order chi connectivity index (χ0) is 22.2. The van der Waals surface area contributed by atoms with Crippen LogP contribution >= 0.6 is 15.9 Å². The zero-order valence-corrected chi connectivity index (χ0v) is 17.8. The molecule has 3 aromatic rings. The summed E-state index contributed by atoms with van der Waals surface area (Å²) in [6, 6.07) is 22.4. The SMILES string of the molecule is N#CC(=Cc1ccc(OCc2ccc(C(=O)O)cc2)cc1)C(=O)Nc1cccc(Br)c1. The third-order valence-electron chi connectivity index (χ3n) is 4.25. The normalized spacial score (nSPS) is 10.8. The lowest BCUT2D eigenvalue weighted by molar-refractivity contribution is -0.112. The molecule has 0 aromatic heterocycles. The molecule has 0 heterocycles. The molecule has 0 atom stereocenters. The number of nitriles is 1. The van der Waals surface area contributed by atoms with Gasteiger partial charge in [-0.1, -0.05) is 46.3 Å². The van der Waals surface area contributed by atoms with Crippen molar-refractivity contribution in [3.05, 3.63) is 99.5 Å². The average Bonchev–Trinajstić information content (AvgIpc) is 2.77. The highest BCUT2D eigenvalue weighted by molar-refractivity contribution is 9.10. The topological polar surface area (TPSA) is 99.4 Å². The first kappa shape index (κ1) is 21.8. The van der Waals surface area contributed by atoms with Crippen molar-refractivity contribution in [3.8, 4) is 11.8 Å². The Kier molecular flexibility index (Phi) is 7.20. The Morgan fingerprint density at radius 3 is 2.39 bits per heavy atom. The molecule has 0 aliphatic rings. The van der Waals surface area contributed by atoms with E-state index in [0.717, 1.165) is 10.0 Å². The molecule has 3 aromatic carbocycles. The maximum atomic E-state index is 12.4. The molecular weight excluding hydrogens is 460 g/mol. The molecule has 0 aliphatic carbocycles. The van der Waals surface area contributed by atoms with E-state index in [4.69, 9.17) is 9.84 Å². The number of carbonyl (C=O) groups excluding carboxylic acids is 1. The van der Waals surface area contributed by atoms with Crippen LogP contribution in [0.1, 0.15) is 21.5 Å². The van der Waals surface area contributed by atoms with E-state index in [9.17, 15) is 14.9 Å². The first-order chi connectivity index (χ1) is 14.9. The molecule has 0 bridgehead atoms. The molecule has 0 radical (unpaired) electrons. The van der Waals surface area contributed by atoms with Crippen molar-refractivity contribution < 1.29 is 19.4 Å². The van der Waals surface area contributed by atoms with Crippen molar-refractivity contribution >= 4 is 39.6 Å². The van der Waals surface area contributed by atoms with Crippen molar-refractivity contribution in [2.45, 2.75) is 6.61 Å². The highest BCUT2D eigenvalue weighted by atomic mass is 79.9. The molecule has 0 fully saturated rings. The van der Waals surface area contributed by atoms with Crippen molar-refractivity contribution in [2.75, 3.05) is 5.32 Å². The highest BCUT2D eigenvalue weighted by Gasteiger charge is 2.10. The van der Waals surface area contributed by atoms with Crippen molar-refractivity contribution in [1.82, 2.24) is 0 Å². The van der Waals surface area contributed by atoms with Crippen LogP contribution in [0.25, 0.3) is 6.08 Å². The summed E-state index contributed by atoms with van der Waals surface area (Å²) >= 11 is 3.34.